The highest BCUT2D eigenvalue weighted by atomic mass is 28.3. The fraction of sp³-hybridized carbons (Fsp3) is 0.417. The summed E-state index contributed by atoms with van der Waals surface area (Å²) in [6.07, 6.45) is 4.59. The number of morpholine rings is 1. The number of amides is 2. The first-order chi connectivity index (χ1) is 15.8. The number of H-pyrrole nitrogens is 1. The molecule has 2 amide bonds. The van der Waals surface area contributed by atoms with E-state index in [9.17, 15) is 4.79 Å². The van der Waals surface area contributed by atoms with Crippen LogP contribution in [-0.2, 0) is 11.2 Å². The molecule has 2 aromatic heterocycles. The Morgan fingerprint density at radius 2 is 2.00 bits per heavy atom. The third-order valence-corrected chi connectivity index (χ3v) is 8.03. The number of urea groups is 1. The minimum atomic E-state index is -1.53. The second-order valence-electron chi connectivity index (χ2n) is 9.38. The van der Waals surface area contributed by atoms with Crippen LogP contribution in [0, 0.1) is 0 Å². The van der Waals surface area contributed by atoms with E-state index in [1.165, 1.54) is 10.8 Å². The van der Waals surface area contributed by atoms with Gasteiger partial charge in [0.1, 0.15) is 11.4 Å². The molecule has 0 bridgehead atoms. The molecule has 33 heavy (non-hydrogen) atoms. The second kappa shape index (κ2) is 9.94. The molecular formula is C24H33N5O3Si. The maximum Gasteiger partial charge on any atom is 0.323 e. The van der Waals surface area contributed by atoms with Crippen LogP contribution < -0.4 is 20.6 Å². The van der Waals surface area contributed by atoms with Crippen molar-refractivity contribution in [2.75, 3.05) is 50.6 Å². The average molecular weight is 468 g/mol. The van der Waals surface area contributed by atoms with Gasteiger partial charge in [0, 0.05) is 31.2 Å². The van der Waals surface area contributed by atoms with Crippen molar-refractivity contribution in [3.05, 3.63) is 42.2 Å². The fourth-order valence-electron chi connectivity index (χ4n) is 3.99. The lowest BCUT2D eigenvalue weighted by Crippen LogP contribution is -2.37. The van der Waals surface area contributed by atoms with Gasteiger partial charge in [0.15, 0.2) is 0 Å². The number of carbonyl (C=O) groups is 1. The van der Waals surface area contributed by atoms with Crippen LogP contribution in [0.25, 0.3) is 11.0 Å². The average Bonchev–Trinajstić information content (AvgIpc) is 3.20. The summed E-state index contributed by atoms with van der Waals surface area (Å²) < 4.78 is 10.9. The van der Waals surface area contributed by atoms with Crippen molar-refractivity contribution in [1.82, 2.24) is 14.9 Å². The molecule has 0 atom stereocenters. The van der Waals surface area contributed by atoms with E-state index in [-0.39, 0.29) is 6.03 Å². The van der Waals surface area contributed by atoms with E-state index in [1.807, 2.05) is 24.4 Å². The SMILES string of the molecule is COc1ccc([Si](C)(C)C)cc1NC(=O)Nc1cnc2[nH]cc(CCN3CCOCC3)c2c1. The normalized spacial score (nSPS) is 14.9. The highest BCUT2D eigenvalue weighted by Crippen LogP contribution is 2.25. The van der Waals surface area contributed by atoms with E-state index < -0.39 is 8.07 Å². The number of pyridine rings is 1. The molecule has 1 aromatic carbocycles. The van der Waals surface area contributed by atoms with Gasteiger partial charge in [0.25, 0.3) is 0 Å². The predicted octanol–water partition coefficient (Wildman–Crippen LogP) is 3.64. The number of ether oxygens (including phenoxy) is 2. The number of nitrogens with zero attached hydrogens (tertiary/aromatic N) is 2. The molecule has 0 saturated carbocycles. The first-order valence-corrected chi connectivity index (χ1v) is 14.9. The first kappa shape index (κ1) is 23.3. The molecule has 0 aliphatic carbocycles. The summed E-state index contributed by atoms with van der Waals surface area (Å²) in [7, 11) is 0.0794. The molecule has 0 radical (unpaired) electrons. The number of benzene rings is 1. The van der Waals surface area contributed by atoms with Crippen molar-refractivity contribution in [2.45, 2.75) is 26.1 Å². The van der Waals surface area contributed by atoms with Crippen molar-refractivity contribution >= 4 is 41.7 Å². The number of rotatable bonds is 7. The maximum absolute atomic E-state index is 12.8. The summed E-state index contributed by atoms with van der Waals surface area (Å²) in [5.41, 5.74) is 3.32. The van der Waals surface area contributed by atoms with Gasteiger partial charge in [0.05, 0.1) is 46.0 Å². The summed E-state index contributed by atoms with van der Waals surface area (Å²) in [5.74, 6) is 0.636. The number of anilines is 2. The second-order valence-corrected chi connectivity index (χ2v) is 14.5. The van der Waals surface area contributed by atoms with E-state index in [0.29, 0.717) is 17.1 Å². The topological polar surface area (TPSA) is 91.5 Å². The summed E-state index contributed by atoms with van der Waals surface area (Å²) in [6.45, 7) is 11.3. The van der Waals surface area contributed by atoms with Gasteiger partial charge >= 0.3 is 6.03 Å². The van der Waals surface area contributed by atoms with Gasteiger partial charge in [-0.15, -0.1) is 0 Å². The van der Waals surface area contributed by atoms with Gasteiger partial charge in [-0.05, 0) is 30.2 Å². The van der Waals surface area contributed by atoms with Crippen LogP contribution in [0.15, 0.2) is 36.7 Å². The number of aromatic amines is 1. The summed E-state index contributed by atoms with van der Waals surface area (Å²) in [4.78, 5) is 22.9. The predicted molar refractivity (Wildman–Crippen MR) is 136 cm³/mol. The highest BCUT2D eigenvalue weighted by molar-refractivity contribution is 6.88. The maximum atomic E-state index is 12.8. The van der Waals surface area contributed by atoms with Gasteiger partial charge in [0.2, 0.25) is 0 Å². The van der Waals surface area contributed by atoms with Gasteiger partial charge in [-0.2, -0.15) is 0 Å². The van der Waals surface area contributed by atoms with Crippen LogP contribution in [0.3, 0.4) is 0 Å². The molecule has 1 fully saturated rings. The molecule has 8 nitrogen and oxygen atoms in total. The van der Waals surface area contributed by atoms with E-state index in [1.54, 1.807) is 13.3 Å². The lowest BCUT2D eigenvalue weighted by molar-refractivity contribution is 0.0385. The highest BCUT2D eigenvalue weighted by Gasteiger charge is 2.19. The summed E-state index contributed by atoms with van der Waals surface area (Å²) in [6, 6.07) is 7.66. The lowest BCUT2D eigenvalue weighted by atomic mass is 10.1. The van der Waals surface area contributed by atoms with Crippen LogP contribution in [0.4, 0.5) is 16.2 Å². The standard InChI is InChI=1S/C24H33N5O3Si/c1-31-22-6-5-19(33(2,3)4)14-21(22)28-24(30)27-18-13-20-17(15-25-23(20)26-16-18)7-8-29-9-11-32-12-10-29/h5-6,13-16H,7-12H2,1-4H3,(H,25,26)(H2,27,28,30). The number of nitrogens with one attached hydrogen (secondary N) is 3. The molecule has 3 N–H and O–H groups in total. The Balaban J connectivity index is 1.46. The van der Waals surface area contributed by atoms with Gasteiger partial charge in [-0.3, -0.25) is 4.90 Å². The van der Waals surface area contributed by atoms with Gasteiger partial charge in [-0.25, -0.2) is 9.78 Å². The molecule has 0 spiro atoms. The molecule has 9 heteroatoms. The summed E-state index contributed by atoms with van der Waals surface area (Å²) in [5, 5.41) is 8.13. The summed E-state index contributed by atoms with van der Waals surface area (Å²) >= 11 is 0. The molecule has 4 rings (SSSR count). The van der Waals surface area contributed by atoms with Crippen molar-refractivity contribution in [1.29, 1.82) is 0 Å². The Morgan fingerprint density at radius 3 is 2.73 bits per heavy atom. The minimum absolute atomic E-state index is 0.326. The number of methoxy groups -OCH3 is 1. The zero-order chi connectivity index (χ0) is 23.4. The van der Waals surface area contributed by atoms with E-state index in [2.05, 4.69) is 51.2 Å². The quantitative estimate of drug-likeness (QED) is 0.462. The van der Waals surface area contributed by atoms with Crippen molar-refractivity contribution in [3.63, 3.8) is 0 Å². The fourth-order valence-corrected chi connectivity index (χ4v) is 5.15. The third kappa shape index (κ3) is 5.73. The Bertz CT molecular complexity index is 1120. The molecule has 176 valence electrons. The number of carbonyl (C=O) groups excluding carboxylic acids is 1. The molecular weight excluding hydrogens is 434 g/mol. The number of hydrogen-bond donors (Lipinski definition) is 3. The zero-order valence-electron chi connectivity index (χ0n) is 19.8. The largest absolute Gasteiger partial charge is 0.495 e. The van der Waals surface area contributed by atoms with E-state index in [0.717, 1.165) is 50.3 Å². The number of aromatic nitrogens is 2. The zero-order valence-corrected chi connectivity index (χ0v) is 20.8. The Hall–Kier alpha value is -2.88. The Morgan fingerprint density at radius 1 is 1.21 bits per heavy atom. The van der Waals surface area contributed by atoms with Crippen molar-refractivity contribution in [2.24, 2.45) is 0 Å². The van der Waals surface area contributed by atoms with Crippen LogP contribution in [0.1, 0.15) is 5.56 Å². The number of hydrogen-bond acceptors (Lipinski definition) is 5. The van der Waals surface area contributed by atoms with E-state index in [4.69, 9.17) is 9.47 Å². The molecule has 0 unspecified atom stereocenters. The molecule has 1 aliphatic heterocycles. The van der Waals surface area contributed by atoms with Gasteiger partial charge < -0.3 is 25.1 Å². The molecule has 1 saturated heterocycles. The van der Waals surface area contributed by atoms with Crippen LogP contribution in [0.2, 0.25) is 19.6 Å². The smallest absolute Gasteiger partial charge is 0.323 e. The molecule has 3 heterocycles. The van der Waals surface area contributed by atoms with Crippen molar-refractivity contribution < 1.29 is 14.3 Å². The van der Waals surface area contributed by atoms with Crippen molar-refractivity contribution in [3.8, 4) is 5.75 Å². The van der Waals surface area contributed by atoms with Crippen LogP contribution >= 0.6 is 0 Å². The third-order valence-electron chi connectivity index (χ3n) is 5.99. The number of fused-ring (bicyclic) bond motifs is 1. The molecule has 3 aromatic rings. The molecule has 1 aliphatic rings. The van der Waals surface area contributed by atoms with Crippen LogP contribution in [-0.4, -0.2) is 68.9 Å². The monoisotopic (exact) mass is 467 g/mol. The van der Waals surface area contributed by atoms with E-state index >= 15 is 0 Å². The lowest BCUT2D eigenvalue weighted by Gasteiger charge is -2.26. The first-order valence-electron chi connectivity index (χ1n) is 11.4. The minimum Gasteiger partial charge on any atom is -0.495 e. The Labute approximate surface area is 195 Å². The Kier molecular flexibility index (Phi) is 7.01. The van der Waals surface area contributed by atoms with Gasteiger partial charge in [-0.1, -0.05) is 30.9 Å². The van der Waals surface area contributed by atoms with Crippen LogP contribution in [0.5, 0.6) is 5.75 Å².